The van der Waals surface area contributed by atoms with Crippen LogP contribution in [0, 0.1) is 0 Å². The van der Waals surface area contributed by atoms with Crippen LogP contribution in [-0.2, 0) is 14.8 Å². The van der Waals surface area contributed by atoms with Gasteiger partial charge in [0.2, 0.25) is 21.1 Å². The van der Waals surface area contributed by atoms with Crippen LogP contribution in [0.2, 0.25) is 5.02 Å². The number of sulfonamides is 1. The molecule has 0 saturated carbocycles. The molecule has 28 heavy (non-hydrogen) atoms. The van der Waals surface area contributed by atoms with Crippen molar-refractivity contribution in [2.75, 3.05) is 28.7 Å². The van der Waals surface area contributed by atoms with Crippen LogP contribution >= 0.6 is 34.7 Å². The molecule has 2 aromatic rings. The van der Waals surface area contributed by atoms with Gasteiger partial charge in [0.05, 0.1) is 19.1 Å². The maximum atomic E-state index is 12.9. The molecule has 1 aromatic heterocycles. The van der Waals surface area contributed by atoms with E-state index in [1.165, 1.54) is 36.3 Å². The highest BCUT2D eigenvalue weighted by Crippen LogP contribution is 2.35. The van der Waals surface area contributed by atoms with Gasteiger partial charge in [-0.1, -0.05) is 48.5 Å². The number of thioether (sulfide) groups is 1. The van der Waals surface area contributed by atoms with E-state index in [9.17, 15) is 13.2 Å². The molecular formula is C16H21ClN4O4S3. The topological polar surface area (TPSA) is 101 Å². The third-order valence-electron chi connectivity index (χ3n) is 3.61. The molecule has 1 N–H and O–H groups in total. The van der Waals surface area contributed by atoms with E-state index in [4.69, 9.17) is 16.3 Å². The van der Waals surface area contributed by atoms with E-state index in [-0.39, 0.29) is 12.1 Å². The normalized spacial score (nSPS) is 12.5. The molecule has 2 rings (SSSR count). The van der Waals surface area contributed by atoms with Crippen molar-refractivity contribution >= 4 is 61.4 Å². The van der Waals surface area contributed by atoms with Crippen LogP contribution in [-0.4, -0.2) is 49.7 Å². The highest BCUT2D eigenvalue weighted by molar-refractivity contribution is 8.01. The number of hydrogen-bond acceptors (Lipinski definition) is 8. The average molecular weight is 465 g/mol. The number of anilines is 2. The molecule has 0 aliphatic carbocycles. The highest BCUT2D eigenvalue weighted by atomic mass is 35.5. The molecule has 154 valence electrons. The first-order valence-corrected chi connectivity index (χ1v) is 12.3. The van der Waals surface area contributed by atoms with Crippen LogP contribution in [0.1, 0.15) is 20.3 Å². The van der Waals surface area contributed by atoms with Gasteiger partial charge >= 0.3 is 0 Å². The first-order valence-electron chi connectivity index (χ1n) is 8.31. The van der Waals surface area contributed by atoms with E-state index < -0.39 is 22.0 Å². The Labute approximate surface area is 177 Å². The summed E-state index contributed by atoms with van der Waals surface area (Å²) in [5, 5.41) is 11.2. The molecule has 8 nitrogen and oxygen atoms in total. The second kappa shape index (κ2) is 9.77. The van der Waals surface area contributed by atoms with E-state index in [0.717, 1.165) is 20.7 Å². The molecule has 1 aromatic carbocycles. The van der Waals surface area contributed by atoms with Gasteiger partial charge in [0, 0.05) is 5.02 Å². The molecule has 0 unspecified atom stereocenters. The number of benzene rings is 1. The number of methoxy groups -OCH3 is 1. The summed E-state index contributed by atoms with van der Waals surface area (Å²) >= 11 is 8.80. The lowest BCUT2D eigenvalue weighted by Gasteiger charge is -2.30. The van der Waals surface area contributed by atoms with Crippen LogP contribution in [0.4, 0.5) is 10.8 Å². The number of aromatic nitrogens is 2. The van der Waals surface area contributed by atoms with Gasteiger partial charge in [-0.2, -0.15) is 0 Å². The lowest BCUT2D eigenvalue weighted by atomic mass is 10.2. The Hall–Kier alpha value is -1.56. The van der Waals surface area contributed by atoms with Crippen molar-refractivity contribution in [3.05, 3.63) is 23.2 Å². The van der Waals surface area contributed by atoms with Crippen molar-refractivity contribution in [3.8, 4) is 5.75 Å². The van der Waals surface area contributed by atoms with Gasteiger partial charge in [-0.3, -0.25) is 14.4 Å². The van der Waals surface area contributed by atoms with E-state index in [1.807, 2.05) is 6.92 Å². The maximum absolute atomic E-state index is 12.9. The summed E-state index contributed by atoms with van der Waals surface area (Å²) in [5.74, 6) is 0.606. The van der Waals surface area contributed by atoms with Gasteiger partial charge in [-0.25, -0.2) is 8.42 Å². The van der Waals surface area contributed by atoms with Crippen LogP contribution in [0.3, 0.4) is 0 Å². The average Bonchev–Trinajstić information content (AvgIpc) is 3.05. The fraction of sp³-hybridized carbons (Fsp3) is 0.438. The molecule has 1 amide bonds. The molecule has 0 aliphatic rings. The minimum absolute atomic E-state index is 0.194. The summed E-state index contributed by atoms with van der Waals surface area (Å²) in [4.78, 5) is 12.9. The van der Waals surface area contributed by atoms with Crippen LogP contribution in [0.25, 0.3) is 0 Å². The summed E-state index contributed by atoms with van der Waals surface area (Å²) in [7, 11) is -2.40. The molecular weight excluding hydrogens is 444 g/mol. The van der Waals surface area contributed by atoms with Crippen molar-refractivity contribution < 1.29 is 17.9 Å². The summed E-state index contributed by atoms with van der Waals surface area (Å²) in [5.41, 5.74) is 0.194. The third-order valence-corrected chi connectivity index (χ3v) is 6.87. The predicted octanol–water partition coefficient (Wildman–Crippen LogP) is 3.50. The van der Waals surface area contributed by atoms with Gasteiger partial charge < -0.3 is 4.74 Å². The molecule has 0 fully saturated rings. The second-order valence-corrected chi connectivity index (χ2v) is 10.4. The number of nitrogens with zero attached hydrogens (tertiary/aromatic N) is 3. The van der Waals surface area contributed by atoms with E-state index in [2.05, 4.69) is 15.5 Å². The zero-order valence-corrected chi connectivity index (χ0v) is 19.0. The van der Waals surface area contributed by atoms with Crippen molar-refractivity contribution in [1.82, 2.24) is 10.2 Å². The van der Waals surface area contributed by atoms with Crippen molar-refractivity contribution in [2.45, 2.75) is 30.6 Å². The number of carbonyl (C=O) groups is 1. The van der Waals surface area contributed by atoms with Crippen molar-refractivity contribution in [1.29, 1.82) is 0 Å². The molecule has 1 atom stereocenters. The van der Waals surface area contributed by atoms with Crippen LogP contribution in [0.15, 0.2) is 22.5 Å². The first kappa shape index (κ1) is 22.7. The van der Waals surface area contributed by atoms with E-state index >= 15 is 0 Å². The molecule has 0 spiro atoms. The smallest absolute Gasteiger partial charge is 0.250 e. The first-order chi connectivity index (χ1) is 13.2. The summed E-state index contributed by atoms with van der Waals surface area (Å²) in [6.45, 7) is 3.71. The molecule has 0 radical (unpaired) electrons. The Morgan fingerprint density at radius 1 is 1.39 bits per heavy atom. The molecule has 1 heterocycles. The number of amides is 1. The van der Waals surface area contributed by atoms with Gasteiger partial charge in [0.15, 0.2) is 4.34 Å². The monoisotopic (exact) mass is 464 g/mol. The van der Waals surface area contributed by atoms with Crippen LogP contribution in [0.5, 0.6) is 5.75 Å². The largest absolute Gasteiger partial charge is 0.495 e. The minimum atomic E-state index is -3.82. The number of carbonyl (C=O) groups excluding carboxylic acids is 1. The molecule has 0 aliphatic heterocycles. The number of hydrogen-bond donors (Lipinski definition) is 1. The zero-order valence-electron chi connectivity index (χ0n) is 15.8. The summed E-state index contributed by atoms with van der Waals surface area (Å²) in [6, 6.07) is 3.57. The molecule has 12 heteroatoms. The van der Waals surface area contributed by atoms with Gasteiger partial charge in [0.25, 0.3) is 0 Å². The van der Waals surface area contributed by atoms with Crippen molar-refractivity contribution in [3.63, 3.8) is 0 Å². The Kier molecular flexibility index (Phi) is 7.93. The zero-order chi connectivity index (χ0) is 20.9. The predicted molar refractivity (Wildman–Crippen MR) is 114 cm³/mol. The lowest BCUT2D eigenvalue weighted by Crippen LogP contribution is -2.47. The number of halogens is 1. The fourth-order valence-electron chi connectivity index (χ4n) is 2.50. The van der Waals surface area contributed by atoms with E-state index in [1.54, 1.807) is 19.1 Å². The number of nitrogens with one attached hydrogen (secondary N) is 1. The Morgan fingerprint density at radius 2 is 2.11 bits per heavy atom. The van der Waals surface area contributed by atoms with Gasteiger partial charge in [0.1, 0.15) is 11.8 Å². The lowest BCUT2D eigenvalue weighted by molar-refractivity contribution is -0.117. The fourth-order valence-corrected chi connectivity index (χ4v) is 5.53. The SMILES string of the molecule is CCSc1nnc(NC(=O)[C@@H](CC)N(c2cc(Cl)ccc2OC)S(C)(=O)=O)s1. The Bertz CT molecular complexity index is 936. The minimum Gasteiger partial charge on any atom is -0.495 e. The van der Waals surface area contributed by atoms with Gasteiger partial charge in [-0.15, -0.1) is 10.2 Å². The molecule has 0 bridgehead atoms. The second-order valence-electron chi connectivity index (χ2n) is 5.59. The Morgan fingerprint density at radius 3 is 2.68 bits per heavy atom. The summed E-state index contributed by atoms with van der Waals surface area (Å²) in [6.07, 6.45) is 1.26. The maximum Gasteiger partial charge on any atom is 0.250 e. The standard InChI is InChI=1S/C16H21ClN4O4S3/c1-5-11(14(22)18-15-19-20-16(27-15)26-6-2)21(28(4,23)24)12-9-10(17)7-8-13(12)25-3/h7-9,11H,5-6H2,1-4H3,(H,18,19,22)/t11-/m1/s1. The van der Waals surface area contributed by atoms with E-state index in [0.29, 0.717) is 15.9 Å². The summed E-state index contributed by atoms with van der Waals surface area (Å²) < 4.78 is 32.2. The highest BCUT2D eigenvalue weighted by Gasteiger charge is 2.34. The number of rotatable bonds is 9. The quantitative estimate of drug-likeness (QED) is 0.447. The number of ether oxygens (including phenoxy) is 1. The van der Waals surface area contributed by atoms with Crippen molar-refractivity contribution in [2.24, 2.45) is 0 Å². The van der Waals surface area contributed by atoms with Crippen LogP contribution < -0.4 is 14.4 Å². The van der Waals surface area contributed by atoms with Gasteiger partial charge in [-0.05, 0) is 30.4 Å². The molecule has 0 saturated heterocycles. The third kappa shape index (κ3) is 5.49. The Balaban J connectivity index is 2.40.